The summed E-state index contributed by atoms with van der Waals surface area (Å²) in [5.74, 6) is -1.63. The highest BCUT2D eigenvalue weighted by molar-refractivity contribution is 6.31. The molecule has 2 aromatic rings. The number of hydrogen-bond donors (Lipinski definition) is 3. The molecule has 0 saturated heterocycles. The molecule has 0 radical (unpaired) electrons. The first kappa shape index (κ1) is 12.1. The number of carboxylic acid groups (broad SMARTS) is 1. The summed E-state index contributed by atoms with van der Waals surface area (Å²) < 4.78 is 0. The van der Waals surface area contributed by atoms with Crippen molar-refractivity contribution in [3.63, 3.8) is 0 Å². The summed E-state index contributed by atoms with van der Waals surface area (Å²) in [7, 11) is 0. The number of H-pyrrole nitrogens is 1. The van der Waals surface area contributed by atoms with Crippen LogP contribution in [0.25, 0.3) is 0 Å². The van der Waals surface area contributed by atoms with Crippen LogP contribution in [0.2, 0.25) is 5.02 Å². The molecule has 0 atom stereocenters. The molecule has 0 bridgehead atoms. The zero-order chi connectivity index (χ0) is 13.1. The first-order valence-corrected chi connectivity index (χ1v) is 5.28. The van der Waals surface area contributed by atoms with Gasteiger partial charge in [0, 0.05) is 12.4 Å². The lowest BCUT2D eigenvalue weighted by Crippen LogP contribution is -2.15. The van der Waals surface area contributed by atoms with Gasteiger partial charge in [0.1, 0.15) is 5.69 Å². The fourth-order valence-corrected chi connectivity index (χ4v) is 1.53. The van der Waals surface area contributed by atoms with Crippen molar-refractivity contribution in [2.24, 2.45) is 0 Å². The number of halogens is 1. The maximum atomic E-state index is 11.8. The number of aromatic carboxylic acids is 1. The number of pyridine rings is 1. The Balaban J connectivity index is 2.24. The molecule has 0 saturated carbocycles. The Hall–Kier alpha value is -2.34. The van der Waals surface area contributed by atoms with E-state index in [0.29, 0.717) is 5.02 Å². The molecule has 0 unspecified atom stereocenters. The van der Waals surface area contributed by atoms with Gasteiger partial charge in [0.05, 0.1) is 22.5 Å². The van der Waals surface area contributed by atoms with Crippen molar-refractivity contribution in [2.45, 2.75) is 0 Å². The molecule has 0 aliphatic carbocycles. The molecule has 2 rings (SSSR count). The number of nitrogens with one attached hydrogen (secondary N) is 2. The van der Waals surface area contributed by atoms with Crippen LogP contribution in [0.4, 0.5) is 5.69 Å². The molecular weight excluding hydrogens is 258 g/mol. The van der Waals surface area contributed by atoms with E-state index in [1.807, 2.05) is 0 Å². The molecule has 3 N–H and O–H groups in total. The van der Waals surface area contributed by atoms with E-state index in [0.717, 1.165) is 0 Å². The number of carboxylic acids is 1. The average Bonchev–Trinajstić information content (AvgIpc) is 2.76. The smallest absolute Gasteiger partial charge is 0.337 e. The Kier molecular flexibility index (Phi) is 3.29. The number of rotatable bonds is 3. The minimum absolute atomic E-state index is 0.0315. The standard InChI is InChI=1S/C11H8ClN3O3/c12-6-3-8(14-4-6)10(16)15-9-5-13-2-1-7(9)11(17)18/h1-5,14H,(H,15,16)(H,17,18). The third-order valence-electron chi connectivity index (χ3n) is 2.19. The third kappa shape index (κ3) is 2.49. The molecule has 0 aromatic carbocycles. The number of amides is 1. The molecule has 2 aromatic heterocycles. The van der Waals surface area contributed by atoms with Gasteiger partial charge in [-0.1, -0.05) is 11.6 Å². The van der Waals surface area contributed by atoms with Crippen LogP contribution in [0.5, 0.6) is 0 Å². The SMILES string of the molecule is O=C(Nc1cnccc1C(=O)O)c1cc(Cl)c[nH]1. The van der Waals surface area contributed by atoms with Crippen molar-refractivity contribution in [3.8, 4) is 0 Å². The second-order valence-corrected chi connectivity index (χ2v) is 3.85. The summed E-state index contributed by atoms with van der Waals surface area (Å²) in [5, 5.41) is 11.8. The highest BCUT2D eigenvalue weighted by Gasteiger charge is 2.14. The molecule has 0 aliphatic heterocycles. The van der Waals surface area contributed by atoms with E-state index in [1.165, 1.54) is 30.7 Å². The van der Waals surface area contributed by atoms with Crippen LogP contribution in [0.1, 0.15) is 20.8 Å². The van der Waals surface area contributed by atoms with Crippen molar-refractivity contribution in [1.82, 2.24) is 9.97 Å². The summed E-state index contributed by atoms with van der Waals surface area (Å²) >= 11 is 5.67. The number of aromatic amines is 1. The molecule has 6 nitrogen and oxygen atoms in total. The van der Waals surface area contributed by atoms with Gasteiger partial charge in [-0.2, -0.15) is 0 Å². The zero-order valence-corrected chi connectivity index (χ0v) is 9.73. The minimum Gasteiger partial charge on any atom is -0.478 e. The number of nitrogens with zero attached hydrogens (tertiary/aromatic N) is 1. The zero-order valence-electron chi connectivity index (χ0n) is 8.98. The molecular formula is C11H8ClN3O3. The first-order valence-electron chi connectivity index (χ1n) is 4.90. The first-order chi connectivity index (χ1) is 8.58. The van der Waals surface area contributed by atoms with Crippen molar-refractivity contribution in [1.29, 1.82) is 0 Å². The van der Waals surface area contributed by atoms with Crippen LogP contribution >= 0.6 is 11.6 Å². The Labute approximate surface area is 107 Å². The Morgan fingerprint density at radius 2 is 2.22 bits per heavy atom. The van der Waals surface area contributed by atoms with Gasteiger partial charge >= 0.3 is 5.97 Å². The molecule has 18 heavy (non-hydrogen) atoms. The second-order valence-electron chi connectivity index (χ2n) is 3.41. The fraction of sp³-hybridized carbons (Fsp3) is 0. The van der Waals surface area contributed by atoms with Crippen LogP contribution < -0.4 is 5.32 Å². The number of carbonyl (C=O) groups excluding carboxylic acids is 1. The summed E-state index contributed by atoms with van der Waals surface area (Å²) in [5.41, 5.74) is 0.330. The highest BCUT2D eigenvalue weighted by atomic mass is 35.5. The lowest BCUT2D eigenvalue weighted by molar-refractivity contribution is 0.0698. The molecule has 7 heteroatoms. The predicted octanol–water partition coefficient (Wildman–Crippen LogP) is 2.01. The monoisotopic (exact) mass is 265 g/mol. The normalized spacial score (nSPS) is 10.1. The molecule has 0 fully saturated rings. The van der Waals surface area contributed by atoms with Crippen LogP contribution in [0.15, 0.2) is 30.7 Å². The number of aromatic nitrogens is 2. The van der Waals surface area contributed by atoms with Gasteiger partial charge in [0.25, 0.3) is 5.91 Å². The van der Waals surface area contributed by atoms with E-state index in [2.05, 4.69) is 15.3 Å². The summed E-state index contributed by atoms with van der Waals surface area (Å²) in [4.78, 5) is 29.1. The maximum Gasteiger partial charge on any atom is 0.337 e. The maximum absolute atomic E-state index is 11.8. The van der Waals surface area contributed by atoms with E-state index in [-0.39, 0.29) is 16.9 Å². The number of hydrogen-bond acceptors (Lipinski definition) is 3. The summed E-state index contributed by atoms with van der Waals surface area (Å²) in [6.45, 7) is 0. The number of carbonyl (C=O) groups is 2. The Bertz CT molecular complexity index is 609. The lowest BCUT2D eigenvalue weighted by atomic mass is 10.2. The van der Waals surface area contributed by atoms with Crippen LogP contribution in [-0.4, -0.2) is 27.0 Å². The van der Waals surface area contributed by atoms with Gasteiger partial charge in [0.2, 0.25) is 0 Å². The summed E-state index contributed by atoms with van der Waals surface area (Å²) in [6.07, 6.45) is 4.06. The highest BCUT2D eigenvalue weighted by Crippen LogP contribution is 2.16. The minimum atomic E-state index is -1.14. The van der Waals surface area contributed by atoms with Crippen molar-refractivity contribution in [2.75, 3.05) is 5.32 Å². The second kappa shape index (κ2) is 4.89. The van der Waals surface area contributed by atoms with E-state index < -0.39 is 11.9 Å². The molecule has 2 heterocycles. The molecule has 0 aliphatic rings. The van der Waals surface area contributed by atoms with E-state index in [1.54, 1.807) is 0 Å². The van der Waals surface area contributed by atoms with Gasteiger partial charge in [-0.3, -0.25) is 9.78 Å². The van der Waals surface area contributed by atoms with Crippen molar-refractivity contribution < 1.29 is 14.7 Å². The largest absolute Gasteiger partial charge is 0.478 e. The predicted molar refractivity (Wildman–Crippen MR) is 65.0 cm³/mol. The molecule has 92 valence electrons. The Morgan fingerprint density at radius 1 is 1.44 bits per heavy atom. The third-order valence-corrected chi connectivity index (χ3v) is 2.41. The molecule has 1 amide bonds. The van der Waals surface area contributed by atoms with Gasteiger partial charge in [-0.25, -0.2) is 4.79 Å². The van der Waals surface area contributed by atoms with Crippen LogP contribution in [0.3, 0.4) is 0 Å². The number of anilines is 1. The quantitative estimate of drug-likeness (QED) is 0.791. The van der Waals surface area contributed by atoms with Gasteiger partial charge < -0.3 is 15.4 Å². The topological polar surface area (TPSA) is 95.1 Å². The van der Waals surface area contributed by atoms with Crippen LogP contribution in [0, 0.1) is 0 Å². The Morgan fingerprint density at radius 3 is 2.83 bits per heavy atom. The van der Waals surface area contributed by atoms with Gasteiger partial charge in [0.15, 0.2) is 0 Å². The van der Waals surface area contributed by atoms with E-state index in [4.69, 9.17) is 16.7 Å². The molecule has 0 spiro atoms. The summed E-state index contributed by atoms with van der Waals surface area (Å²) in [6, 6.07) is 2.74. The van der Waals surface area contributed by atoms with Gasteiger partial charge in [-0.05, 0) is 12.1 Å². The lowest BCUT2D eigenvalue weighted by Gasteiger charge is -2.06. The van der Waals surface area contributed by atoms with E-state index in [9.17, 15) is 9.59 Å². The fourth-order valence-electron chi connectivity index (χ4n) is 1.37. The van der Waals surface area contributed by atoms with Crippen molar-refractivity contribution in [3.05, 3.63) is 47.0 Å². The average molecular weight is 266 g/mol. The van der Waals surface area contributed by atoms with E-state index >= 15 is 0 Å². The van der Waals surface area contributed by atoms with Crippen LogP contribution in [-0.2, 0) is 0 Å². The van der Waals surface area contributed by atoms with Crippen molar-refractivity contribution >= 4 is 29.2 Å². The van der Waals surface area contributed by atoms with Gasteiger partial charge in [-0.15, -0.1) is 0 Å².